The number of ether oxygens (including phenoxy) is 1. The van der Waals surface area contributed by atoms with E-state index >= 15 is 0 Å². The van der Waals surface area contributed by atoms with E-state index in [4.69, 9.17) is 4.74 Å². The van der Waals surface area contributed by atoms with Gasteiger partial charge >= 0.3 is 0 Å². The first-order valence-corrected chi connectivity index (χ1v) is 6.69. The van der Waals surface area contributed by atoms with Crippen LogP contribution in [0.15, 0.2) is 18.2 Å². The number of aryl methyl sites for hydroxylation is 1. The van der Waals surface area contributed by atoms with Crippen LogP contribution >= 0.6 is 0 Å². The third-order valence-electron chi connectivity index (χ3n) is 3.37. The number of benzene rings is 1. The van der Waals surface area contributed by atoms with Gasteiger partial charge < -0.3 is 10.1 Å². The molecule has 0 amide bonds. The van der Waals surface area contributed by atoms with Crippen molar-refractivity contribution in [3.63, 3.8) is 0 Å². The largest absolute Gasteiger partial charge is 0.496 e. The molecule has 1 aromatic carbocycles. The van der Waals surface area contributed by atoms with Crippen LogP contribution in [0.3, 0.4) is 0 Å². The van der Waals surface area contributed by atoms with E-state index in [0.717, 1.165) is 12.2 Å². The highest BCUT2D eigenvalue weighted by Crippen LogP contribution is 2.29. The monoisotopic (exact) mass is 249 g/mol. The molecule has 0 aliphatic rings. The second-order valence-corrected chi connectivity index (χ2v) is 6.17. The summed E-state index contributed by atoms with van der Waals surface area (Å²) in [6.07, 6.45) is 2.35. The van der Waals surface area contributed by atoms with E-state index in [9.17, 15) is 0 Å². The van der Waals surface area contributed by atoms with Crippen molar-refractivity contribution in [2.24, 2.45) is 5.41 Å². The maximum Gasteiger partial charge on any atom is 0.122 e. The average Bonchev–Trinajstić information content (AvgIpc) is 2.30. The van der Waals surface area contributed by atoms with Crippen molar-refractivity contribution >= 4 is 0 Å². The lowest BCUT2D eigenvalue weighted by Gasteiger charge is -2.23. The molecular weight excluding hydrogens is 222 g/mol. The normalized spacial score (nSPS) is 13.4. The third-order valence-corrected chi connectivity index (χ3v) is 3.37. The van der Waals surface area contributed by atoms with E-state index in [1.807, 2.05) is 7.05 Å². The highest BCUT2D eigenvalue weighted by atomic mass is 16.5. The summed E-state index contributed by atoms with van der Waals surface area (Å²) < 4.78 is 5.40. The van der Waals surface area contributed by atoms with Gasteiger partial charge in [-0.25, -0.2) is 0 Å². The van der Waals surface area contributed by atoms with Crippen molar-refractivity contribution in [3.05, 3.63) is 29.3 Å². The first kappa shape index (κ1) is 15.0. The highest BCUT2D eigenvalue weighted by Gasteiger charge is 2.16. The van der Waals surface area contributed by atoms with Gasteiger partial charge in [0, 0.05) is 6.04 Å². The molecule has 18 heavy (non-hydrogen) atoms. The van der Waals surface area contributed by atoms with Crippen molar-refractivity contribution in [2.45, 2.75) is 46.6 Å². The number of methoxy groups -OCH3 is 1. The Kier molecular flexibility index (Phi) is 5.21. The Labute approximate surface area is 112 Å². The lowest BCUT2D eigenvalue weighted by Crippen LogP contribution is -2.19. The van der Waals surface area contributed by atoms with E-state index in [1.54, 1.807) is 7.11 Å². The zero-order valence-corrected chi connectivity index (χ0v) is 12.6. The quantitative estimate of drug-likeness (QED) is 0.848. The van der Waals surface area contributed by atoms with Crippen LogP contribution < -0.4 is 10.1 Å². The van der Waals surface area contributed by atoms with Crippen LogP contribution in [0, 0.1) is 12.3 Å². The van der Waals surface area contributed by atoms with Gasteiger partial charge in [0.05, 0.1) is 7.11 Å². The lowest BCUT2D eigenvalue weighted by atomic mass is 9.87. The van der Waals surface area contributed by atoms with Gasteiger partial charge in [-0.1, -0.05) is 32.9 Å². The fourth-order valence-electron chi connectivity index (χ4n) is 2.11. The van der Waals surface area contributed by atoms with Gasteiger partial charge in [0.2, 0.25) is 0 Å². The molecule has 1 unspecified atom stereocenters. The van der Waals surface area contributed by atoms with Crippen molar-refractivity contribution in [1.29, 1.82) is 0 Å². The van der Waals surface area contributed by atoms with Crippen LogP contribution in [0.5, 0.6) is 5.75 Å². The second-order valence-electron chi connectivity index (χ2n) is 6.17. The molecule has 2 nitrogen and oxygen atoms in total. The minimum absolute atomic E-state index is 0.379. The van der Waals surface area contributed by atoms with Gasteiger partial charge in [-0.3, -0.25) is 0 Å². The second kappa shape index (κ2) is 6.24. The summed E-state index contributed by atoms with van der Waals surface area (Å²) in [7, 11) is 3.76. The maximum absolute atomic E-state index is 5.40. The van der Waals surface area contributed by atoms with Crippen LogP contribution in [0.25, 0.3) is 0 Å². The Bertz CT molecular complexity index is 379. The van der Waals surface area contributed by atoms with Gasteiger partial charge in [-0.15, -0.1) is 0 Å². The first-order valence-electron chi connectivity index (χ1n) is 6.69. The van der Waals surface area contributed by atoms with Gasteiger partial charge in [-0.05, 0) is 49.4 Å². The van der Waals surface area contributed by atoms with Gasteiger partial charge in [0.15, 0.2) is 0 Å². The third kappa shape index (κ3) is 4.34. The Morgan fingerprint density at radius 1 is 1.28 bits per heavy atom. The fraction of sp³-hybridized carbons (Fsp3) is 0.625. The van der Waals surface area contributed by atoms with Crippen molar-refractivity contribution in [3.8, 4) is 5.75 Å². The predicted octanol–water partition coefficient (Wildman–Crippen LogP) is 4.09. The fourth-order valence-corrected chi connectivity index (χ4v) is 2.11. The molecule has 2 heteroatoms. The molecule has 102 valence electrons. The molecule has 0 spiro atoms. The molecule has 1 atom stereocenters. The van der Waals surface area contributed by atoms with E-state index in [2.05, 4.69) is 51.2 Å². The number of rotatable bonds is 5. The zero-order chi connectivity index (χ0) is 13.8. The van der Waals surface area contributed by atoms with E-state index < -0.39 is 0 Å². The SMILES string of the molecule is CNC(CCC(C)(C)C)c1ccc(C)c(OC)c1. The molecule has 0 saturated heterocycles. The van der Waals surface area contributed by atoms with E-state index in [0.29, 0.717) is 11.5 Å². The zero-order valence-electron chi connectivity index (χ0n) is 12.6. The standard InChI is InChI=1S/C16H27NO/c1-12-7-8-13(11-15(12)18-6)14(17-5)9-10-16(2,3)4/h7-8,11,14,17H,9-10H2,1-6H3. The number of nitrogens with one attached hydrogen (secondary N) is 1. The first-order chi connectivity index (χ1) is 8.37. The molecule has 1 rings (SSSR count). The molecule has 1 aromatic rings. The average molecular weight is 249 g/mol. The molecule has 0 bridgehead atoms. The van der Waals surface area contributed by atoms with Crippen molar-refractivity contribution in [2.75, 3.05) is 14.2 Å². The molecule has 0 aromatic heterocycles. The van der Waals surface area contributed by atoms with Crippen LogP contribution in [0.2, 0.25) is 0 Å². The van der Waals surface area contributed by atoms with Gasteiger partial charge in [0.25, 0.3) is 0 Å². The minimum Gasteiger partial charge on any atom is -0.496 e. The van der Waals surface area contributed by atoms with E-state index in [1.165, 1.54) is 17.5 Å². The highest BCUT2D eigenvalue weighted by molar-refractivity contribution is 5.37. The summed E-state index contributed by atoms with van der Waals surface area (Å²) in [5.74, 6) is 0.975. The molecule has 0 radical (unpaired) electrons. The van der Waals surface area contributed by atoms with Crippen molar-refractivity contribution in [1.82, 2.24) is 5.32 Å². The molecule has 0 aliphatic heterocycles. The Balaban J connectivity index is 2.82. The topological polar surface area (TPSA) is 21.3 Å². The summed E-state index contributed by atoms with van der Waals surface area (Å²) >= 11 is 0. The summed E-state index contributed by atoms with van der Waals surface area (Å²) in [6.45, 7) is 8.94. The molecule has 0 aliphatic carbocycles. The molecule has 0 heterocycles. The smallest absolute Gasteiger partial charge is 0.122 e. The van der Waals surface area contributed by atoms with Crippen LogP contribution in [0.4, 0.5) is 0 Å². The summed E-state index contributed by atoms with van der Waals surface area (Å²) in [4.78, 5) is 0. The molecule has 0 fully saturated rings. The minimum atomic E-state index is 0.379. The lowest BCUT2D eigenvalue weighted by molar-refractivity contribution is 0.337. The van der Waals surface area contributed by atoms with Crippen LogP contribution in [-0.4, -0.2) is 14.2 Å². The van der Waals surface area contributed by atoms with Crippen molar-refractivity contribution < 1.29 is 4.74 Å². The molecule has 0 saturated carbocycles. The van der Waals surface area contributed by atoms with Crippen LogP contribution in [0.1, 0.15) is 50.8 Å². The maximum atomic E-state index is 5.40. The summed E-state index contributed by atoms with van der Waals surface area (Å²) in [5.41, 5.74) is 2.88. The Hall–Kier alpha value is -1.02. The summed E-state index contributed by atoms with van der Waals surface area (Å²) in [6, 6.07) is 6.88. The number of hydrogen-bond acceptors (Lipinski definition) is 2. The molecule has 1 N–H and O–H groups in total. The van der Waals surface area contributed by atoms with Crippen LogP contribution in [-0.2, 0) is 0 Å². The Morgan fingerprint density at radius 3 is 2.44 bits per heavy atom. The summed E-state index contributed by atoms with van der Waals surface area (Å²) in [5, 5.41) is 3.41. The number of hydrogen-bond donors (Lipinski definition) is 1. The van der Waals surface area contributed by atoms with Gasteiger partial charge in [-0.2, -0.15) is 0 Å². The predicted molar refractivity (Wildman–Crippen MR) is 78.2 cm³/mol. The van der Waals surface area contributed by atoms with E-state index in [-0.39, 0.29) is 0 Å². The molecular formula is C16H27NO. The van der Waals surface area contributed by atoms with Gasteiger partial charge in [0.1, 0.15) is 5.75 Å². The Morgan fingerprint density at radius 2 is 1.94 bits per heavy atom.